The summed E-state index contributed by atoms with van der Waals surface area (Å²) < 4.78 is 5.36. The number of rotatable bonds is 1. The lowest BCUT2D eigenvalue weighted by Crippen LogP contribution is -2.49. The highest BCUT2D eigenvalue weighted by atomic mass is 16.5. The van der Waals surface area contributed by atoms with Gasteiger partial charge in [0, 0.05) is 19.1 Å². The van der Waals surface area contributed by atoms with E-state index >= 15 is 0 Å². The van der Waals surface area contributed by atoms with E-state index in [2.05, 4.69) is 17.0 Å². The van der Waals surface area contributed by atoms with Crippen molar-refractivity contribution in [2.45, 2.75) is 44.2 Å². The van der Waals surface area contributed by atoms with Crippen LogP contribution in [0.3, 0.4) is 0 Å². The third-order valence-electron chi connectivity index (χ3n) is 3.86. The Morgan fingerprint density at radius 1 is 1.06 bits per heavy atom. The van der Waals surface area contributed by atoms with Crippen molar-refractivity contribution in [2.75, 3.05) is 19.7 Å². The Labute approximate surface area is 103 Å². The van der Waals surface area contributed by atoms with Gasteiger partial charge in [0.05, 0.1) is 24.7 Å². The molecular weight excluding hydrogens is 214 g/mol. The first-order chi connectivity index (χ1) is 8.35. The molecule has 4 nitrogen and oxygen atoms in total. The van der Waals surface area contributed by atoms with Crippen molar-refractivity contribution < 1.29 is 4.74 Å². The average molecular weight is 233 g/mol. The van der Waals surface area contributed by atoms with Crippen LogP contribution < -0.4 is 0 Å². The molecule has 0 amide bonds. The fraction of sp³-hybridized carbons (Fsp3) is 0.846. The molecule has 0 aromatic carbocycles. The van der Waals surface area contributed by atoms with Crippen LogP contribution in [0.2, 0.25) is 0 Å². The van der Waals surface area contributed by atoms with Crippen molar-refractivity contribution in [3.8, 4) is 12.1 Å². The van der Waals surface area contributed by atoms with E-state index in [9.17, 15) is 5.26 Å². The number of morpholine rings is 1. The normalized spacial score (nSPS) is 35.5. The van der Waals surface area contributed by atoms with Crippen LogP contribution in [0, 0.1) is 28.6 Å². The molecule has 3 atom stereocenters. The van der Waals surface area contributed by atoms with E-state index in [0.29, 0.717) is 19.2 Å². The van der Waals surface area contributed by atoms with E-state index in [1.54, 1.807) is 0 Å². The summed E-state index contributed by atoms with van der Waals surface area (Å²) in [6.07, 6.45) is 5.40. The van der Waals surface area contributed by atoms with E-state index < -0.39 is 0 Å². The molecule has 17 heavy (non-hydrogen) atoms. The maximum Gasteiger partial charge on any atom is 0.156 e. The van der Waals surface area contributed by atoms with Crippen LogP contribution in [0.15, 0.2) is 0 Å². The van der Waals surface area contributed by atoms with E-state index in [0.717, 1.165) is 19.4 Å². The minimum atomic E-state index is -0.314. The second kappa shape index (κ2) is 6.00. The first-order valence-corrected chi connectivity index (χ1v) is 6.50. The number of hydrogen-bond donors (Lipinski definition) is 0. The van der Waals surface area contributed by atoms with E-state index in [1.807, 2.05) is 0 Å². The van der Waals surface area contributed by atoms with Gasteiger partial charge in [0.25, 0.3) is 0 Å². The molecule has 0 bridgehead atoms. The Morgan fingerprint density at radius 2 is 1.88 bits per heavy atom. The van der Waals surface area contributed by atoms with Crippen LogP contribution >= 0.6 is 0 Å². The van der Waals surface area contributed by atoms with Gasteiger partial charge in [-0.05, 0) is 12.8 Å². The highest BCUT2D eigenvalue weighted by molar-refractivity contribution is 4.98. The second-order valence-electron chi connectivity index (χ2n) is 4.92. The monoisotopic (exact) mass is 233 g/mol. The summed E-state index contributed by atoms with van der Waals surface area (Å²) >= 11 is 0. The highest BCUT2D eigenvalue weighted by Gasteiger charge is 2.32. The molecule has 1 saturated carbocycles. The molecule has 2 aliphatic rings. The molecule has 4 heteroatoms. The Bertz CT molecular complexity index is 331. The summed E-state index contributed by atoms with van der Waals surface area (Å²) in [7, 11) is 0. The molecule has 1 saturated heterocycles. The fourth-order valence-electron chi connectivity index (χ4n) is 2.92. The maximum atomic E-state index is 9.27. The summed E-state index contributed by atoms with van der Waals surface area (Å²) in [4.78, 5) is 2.30. The molecule has 0 N–H and O–H groups in total. The van der Waals surface area contributed by atoms with Gasteiger partial charge in [-0.2, -0.15) is 10.5 Å². The topological polar surface area (TPSA) is 60.0 Å². The molecule has 1 heterocycles. The Hall–Kier alpha value is -1.10. The molecule has 0 spiro atoms. The van der Waals surface area contributed by atoms with Crippen LogP contribution in [-0.2, 0) is 4.74 Å². The standard InChI is InChI=1S/C13H19N3O/c14-8-11-4-2-1-3-5-13(11)16-6-7-17-12(9-15)10-16/h11-13H,1-7,10H2. The zero-order valence-electron chi connectivity index (χ0n) is 10.1. The van der Waals surface area contributed by atoms with Gasteiger partial charge in [-0.3, -0.25) is 4.90 Å². The van der Waals surface area contributed by atoms with Crippen LogP contribution in [0.1, 0.15) is 32.1 Å². The lowest BCUT2D eigenvalue weighted by molar-refractivity contribution is -0.0248. The van der Waals surface area contributed by atoms with E-state index in [1.165, 1.54) is 19.3 Å². The number of nitrogens with zero attached hydrogens (tertiary/aromatic N) is 3. The lowest BCUT2D eigenvalue weighted by Gasteiger charge is -2.37. The van der Waals surface area contributed by atoms with Gasteiger partial charge in [0.15, 0.2) is 6.10 Å². The van der Waals surface area contributed by atoms with Crippen LogP contribution in [0.4, 0.5) is 0 Å². The van der Waals surface area contributed by atoms with Crippen molar-refractivity contribution in [1.82, 2.24) is 4.90 Å². The summed E-state index contributed by atoms with van der Waals surface area (Å²) in [6.45, 7) is 2.15. The second-order valence-corrected chi connectivity index (χ2v) is 4.92. The predicted octanol–water partition coefficient (Wildman–Crippen LogP) is 1.68. The van der Waals surface area contributed by atoms with Gasteiger partial charge in [0.1, 0.15) is 0 Å². The first-order valence-electron chi connectivity index (χ1n) is 6.50. The SMILES string of the molecule is N#CC1CN(C2CCCCCC2C#N)CCO1. The Balaban J connectivity index is 2.03. The molecule has 0 aromatic heterocycles. The Kier molecular flexibility index (Phi) is 4.36. The number of ether oxygens (including phenoxy) is 1. The fourth-order valence-corrected chi connectivity index (χ4v) is 2.92. The zero-order chi connectivity index (χ0) is 12.1. The molecule has 0 radical (unpaired) electrons. The lowest BCUT2D eigenvalue weighted by atomic mass is 9.94. The van der Waals surface area contributed by atoms with E-state index in [4.69, 9.17) is 10.00 Å². The van der Waals surface area contributed by atoms with Crippen molar-refractivity contribution in [3.05, 3.63) is 0 Å². The van der Waals surface area contributed by atoms with Gasteiger partial charge in [-0.25, -0.2) is 0 Å². The van der Waals surface area contributed by atoms with E-state index in [-0.39, 0.29) is 12.0 Å². The highest BCUT2D eigenvalue weighted by Crippen LogP contribution is 2.28. The molecule has 1 aliphatic carbocycles. The first kappa shape index (κ1) is 12.4. The van der Waals surface area contributed by atoms with Gasteiger partial charge in [-0.15, -0.1) is 0 Å². The Morgan fingerprint density at radius 3 is 2.65 bits per heavy atom. The smallest absolute Gasteiger partial charge is 0.156 e. The van der Waals surface area contributed by atoms with Crippen molar-refractivity contribution in [1.29, 1.82) is 10.5 Å². The molecule has 0 aromatic rings. The molecule has 3 unspecified atom stereocenters. The number of nitriles is 2. The quantitative estimate of drug-likeness (QED) is 0.646. The zero-order valence-corrected chi connectivity index (χ0v) is 10.1. The third kappa shape index (κ3) is 2.97. The van der Waals surface area contributed by atoms with Crippen LogP contribution in [-0.4, -0.2) is 36.7 Å². The molecule has 2 fully saturated rings. The third-order valence-corrected chi connectivity index (χ3v) is 3.86. The van der Waals surface area contributed by atoms with Crippen LogP contribution in [0.5, 0.6) is 0 Å². The van der Waals surface area contributed by atoms with Gasteiger partial charge < -0.3 is 4.74 Å². The van der Waals surface area contributed by atoms with Gasteiger partial charge >= 0.3 is 0 Å². The van der Waals surface area contributed by atoms with Crippen molar-refractivity contribution >= 4 is 0 Å². The van der Waals surface area contributed by atoms with Gasteiger partial charge in [0.2, 0.25) is 0 Å². The van der Waals surface area contributed by atoms with Gasteiger partial charge in [-0.1, -0.05) is 19.3 Å². The van der Waals surface area contributed by atoms with Crippen molar-refractivity contribution in [2.24, 2.45) is 5.92 Å². The summed E-state index contributed by atoms with van der Waals surface area (Å²) in [5, 5.41) is 18.2. The molecule has 92 valence electrons. The van der Waals surface area contributed by atoms with Crippen molar-refractivity contribution in [3.63, 3.8) is 0 Å². The summed E-state index contributed by atoms with van der Waals surface area (Å²) in [5.74, 6) is 0.134. The summed E-state index contributed by atoms with van der Waals surface area (Å²) in [6, 6.07) is 4.97. The summed E-state index contributed by atoms with van der Waals surface area (Å²) in [5.41, 5.74) is 0. The number of hydrogen-bond acceptors (Lipinski definition) is 4. The minimum Gasteiger partial charge on any atom is -0.361 e. The molecule has 1 aliphatic heterocycles. The maximum absolute atomic E-state index is 9.27. The minimum absolute atomic E-state index is 0.134. The average Bonchev–Trinajstić information content (AvgIpc) is 2.63. The molecular formula is C13H19N3O. The predicted molar refractivity (Wildman–Crippen MR) is 62.9 cm³/mol. The van der Waals surface area contributed by atoms with Crippen LogP contribution in [0.25, 0.3) is 0 Å². The molecule has 2 rings (SSSR count). The largest absolute Gasteiger partial charge is 0.361 e.